The van der Waals surface area contributed by atoms with Gasteiger partial charge < -0.3 is 10.4 Å². The predicted molar refractivity (Wildman–Crippen MR) is 78.0 cm³/mol. The zero-order valence-electron chi connectivity index (χ0n) is 11.1. The zero-order valence-corrected chi connectivity index (χ0v) is 11.8. The van der Waals surface area contributed by atoms with Crippen LogP contribution < -0.4 is 5.32 Å². The fraction of sp³-hybridized carbons (Fsp3) is 0.286. The molecule has 0 fully saturated rings. The number of carboxylic acid groups (broad SMARTS) is 1. The fourth-order valence-electron chi connectivity index (χ4n) is 1.90. The van der Waals surface area contributed by atoms with Crippen molar-refractivity contribution in [2.75, 3.05) is 5.32 Å². The van der Waals surface area contributed by atoms with Gasteiger partial charge in [0.1, 0.15) is 0 Å². The molecule has 2 N–H and O–H groups in total. The van der Waals surface area contributed by atoms with Gasteiger partial charge >= 0.3 is 5.97 Å². The highest BCUT2D eigenvalue weighted by atomic mass is 35.5. The van der Waals surface area contributed by atoms with E-state index in [2.05, 4.69) is 10.4 Å². The summed E-state index contributed by atoms with van der Waals surface area (Å²) in [7, 11) is 0. The minimum Gasteiger partial charge on any atom is -0.479 e. The lowest BCUT2D eigenvalue weighted by molar-refractivity contribution is -0.138. The van der Waals surface area contributed by atoms with E-state index in [1.54, 1.807) is 41.3 Å². The quantitative estimate of drug-likeness (QED) is 0.858. The second kappa shape index (κ2) is 6.43. The molecule has 106 valence electrons. The number of aryl methyl sites for hydroxylation is 1. The van der Waals surface area contributed by atoms with Crippen LogP contribution in [-0.4, -0.2) is 20.9 Å². The Labute approximate surface area is 122 Å². The van der Waals surface area contributed by atoms with Crippen molar-refractivity contribution in [2.24, 2.45) is 0 Å². The standard InChI is InChI=1S/C14H16ClN3O2/c1-2-7-18-9-10(8-16-18)13(14(19)20)17-12-6-4-3-5-11(12)15/h3-6,8-9,13,17H,2,7H2,1H3,(H,19,20). The summed E-state index contributed by atoms with van der Waals surface area (Å²) in [5, 5.41) is 16.9. The molecule has 0 saturated carbocycles. The van der Waals surface area contributed by atoms with Gasteiger partial charge in [0, 0.05) is 18.3 Å². The average molecular weight is 294 g/mol. The van der Waals surface area contributed by atoms with Crippen LogP contribution in [0.3, 0.4) is 0 Å². The Morgan fingerprint density at radius 2 is 2.25 bits per heavy atom. The number of halogens is 1. The third kappa shape index (κ3) is 3.30. The molecule has 0 amide bonds. The highest BCUT2D eigenvalue weighted by Crippen LogP contribution is 2.26. The molecule has 2 rings (SSSR count). The van der Waals surface area contributed by atoms with Gasteiger partial charge in [0.2, 0.25) is 0 Å². The Morgan fingerprint density at radius 3 is 2.90 bits per heavy atom. The number of carbonyl (C=O) groups is 1. The molecule has 1 aromatic carbocycles. The van der Waals surface area contributed by atoms with E-state index in [-0.39, 0.29) is 0 Å². The third-order valence-corrected chi connectivity index (χ3v) is 3.19. The number of aromatic nitrogens is 2. The van der Waals surface area contributed by atoms with E-state index < -0.39 is 12.0 Å². The Bertz CT molecular complexity index is 598. The number of aliphatic carboxylic acids is 1. The summed E-state index contributed by atoms with van der Waals surface area (Å²) in [6.07, 6.45) is 4.25. The number of hydrogen-bond donors (Lipinski definition) is 2. The smallest absolute Gasteiger partial charge is 0.330 e. The Kier molecular flexibility index (Phi) is 4.63. The van der Waals surface area contributed by atoms with Gasteiger partial charge in [-0.05, 0) is 18.6 Å². The van der Waals surface area contributed by atoms with Gasteiger partial charge in [-0.3, -0.25) is 4.68 Å². The van der Waals surface area contributed by atoms with E-state index in [0.29, 0.717) is 16.3 Å². The molecular weight excluding hydrogens is 278 g/mol. The maximum atomic E-state index is 11.4. The topological polar surface area (TPSA) is 67.2 Å². The summed E-state index contributed by atoms with van der Waals surface area (Å²) >= 11 is 6.04. The first kappa shape index (κ1) is 14.4. The summed E-state index contributed by atoms with van der Waals surface area (Å²) < 4.78 is 1.74. The average Bonchev–Trinajstić information content (AvgIpc) is 2.86. The van der Waals surface area contributed by atoms with E-state index in [0.717, 1.165) is 13.0 Å². The van der Waals surface area contributed by atoms with Crippen LogP contribution in [0.25, 0.3) is 0 Å². The Hall–Kier alpha value is -2.01. The van der Waals surface area contributed by atoms with Crippen LogP contribution in [0.15, 0.2) is 36.7 Å². The van der Waals surface area contributed by atoms with Crippen molar-refractivity contribution in [3.63, 3.8) is 0 Å². The first-order valence-corrected chi connectivity index (χ1v) is 6.76. The van der Waals surface area contributed by atoms with E-state index in [4.69, 9.17) is 11.6 Å². The maximum absolute atomic E-state index is 11.4. The molecule has 1 aromatic heterocycles. The summed E-state index contributed by atoms with van der Waals surface area (Å²) in [6.45, 7) is 2.80. The molecule has 0 aliphatic heterocycles. The highest BCUT2D eigenvalue weighted by Gasteiger charge is 2.22. The monoisotopic (exact) mass is 293 g/mol. The molecule has 1 unspecified atom stereocenters. The lowest BCUT2D eigenvalue weighted by Crippen LogP contribution is -2.20. The fourth-order valence-corrected chi connectivity index (χ4v) is 2.09. The van der Waals surface area contributed by atoms with Crippen LogP contribution in [0.5, 0.6) is 0 Å². The summed E-state index contributed by atoms with van der Waals surface area (Å²) in [5.74, 6) is -0.971. The SMILES string of the molecule is CCCn1cc(C(Nc2ccccc2Cl)C(=O)O)cn1. The van der Waals surface area contributed by atoms with E-state index >= 15 is 0 Å². The second-order valence-corrected chi connectivity index (χ2v) is 4.84. The van der Waals surface area contributed by atoms with Crippen LogP contribution in [0, 0.1) is 0 Å². The van der Waals surface area contributed by atoms with Crippen LogP contribution in [0.2, 0.25) is 5.02 Å². The number of hydrogen-bond acceptors (Lipinski definition) is 3. The van der Waals surface area contributed by atoms with Crippen molar-refractivity contribution in [2.45, 2.75) is 25.9 Å². The van der Waals surface area contributed by atoms with Gasteiger partial charge in [-0.2, -0.15) is 5.10 Å². The Balaban J connectivity index is 2.23. The number of para-hydroxylation sites is 1. The molecule has 0 spiro atoms. The number of rotatable bonds is 6. The lowest BCUT2D eigenvalue weighted by atomic mass is 10.1. The molecule has 5 nitrogen and oxygen atoms in total. The van der Waals surface area contributed by atoms with Crippen molar-refractivity contribution < 1.29 is 9.90 Å². The van der Waals surface area contributed by atoms with Gasteiger partial charge in [0.05, 0.1) is 16.9 Å². The van der Waals surface area contributed by atoms with Gasteiger partial charge in [-0.1, -0.05) is 30.7 Å². The molecule has 1 atom stereocenters. The highest BCUT2D eigenvalue weighted by molar-refractivity contribution is 6.33. The molecule has 20 heavy (non-hydrogen) atoms. The van der Waals surface area contributed by atoms with Crippen molar-refractivity contribution in [3.05, 3.63) is 47.2 Å². The van der Waals surface area contributed by atoms with Crippen LogP contribution in [0.4, 0.5) is 5.69 Å². The first-order valence-electron chi connectivity index (χ1n) is 6.38. The minimum atomic E-state index is -0.971. The van der Waals surface area contributed by atoms with Gasteiger partial charge in [-0.15, -0.1) is 0 Å². The number of nitrogens with one attached hydrogen (secondary N) is 1. The van der Waals surface area contributed by atoms with Crippen molar-refractivity contribution >= 4 is 23.3 Å². The number of nitrogens with zero attached hydrogens (tertiary/aromatic N) is 2. The minimum absolute atomic E-state index is 0.486. The summed E-state index contributed by atoms with van der Waals surface area (Å²) in [4.78, 5) is 11.4. The van der Waals surface area contributed by atoms with Gasteiger partial charge in [-0.25, -0.2) is 4.79 Å². The molecule has 0 bridgehead atoms. The maximum Gasteiger partial charge on any atom is 0.330 e. The second-order valence-electron chi connectivity index (χ2n) is 4.43. The van der Waals surface area contributed by atoms with Crippen molar-refractivity contribution in [3.8, 4) is 0 Å². The molecule has 2 aromatic rings. The third-order valence-electron chi connectivity index (χ3n) is 2.86. The van der Waals surface area contributed by atoms with Gasteiger partial charge in [0.15, 0.2) is 6.04 Å². The number of carboxylic acids is 1. The van der Waals surface area contributed by atoms with E-state index in [1.807, 2.05) is 6.92 Å². The van der Waals surface area contributed by atoms with E-state index in [9.17, 15) is 9.90 Å². The number of benzene rings is 1. The molecule has 0 aliphatic carbocycles. The molecular formula is C14H16ClN3O2. The molecule has 1 heterocycles. The van der Waals surface area contributed by atoms with E-state index in [1.165, 1.54) is 0 Å². The largest absolute Gasteiger partial charge is 0.479 e. The van der Waals surface area contributed by atoms with Crippen LogP contribution in [-0.2, 0) is 11.3 Å². The molecule has 6 heteroatoms. The van der Waals surface area contributed by atoms with Crippen molar-refractivity contribution in [1.82, 2.24) is 9.78 Å². The van der Waals surface area contributed by atoms with Crippen molar-refractivity contribution in [1.29, 1.82) is 0 Å². The molecule has 0 radical (unpaired) electrons. The zero-order chi connectivity index (χ0) is 14.5. The first-order chi connectivity index (χ1) is 9.61. The Morgan fingerprint density at radius 1 is 1.50 bits per heavy atom. The van der Waals surface area contributed by atoms with Gasteiger partial charge in [0.25, 0.3) is 0 Å². The van der Waals surface area contributed by atoms with Crippen LogP contribution >= 0.6 is 11.6 Å². The summed E-state index contributed by atoms with van der Waals surface area (Å²) in [5.41, 5.74) is 1.19. The normalized spacial score (nSPS) is 12.1. The molecule has 0 saturated heterocycles. The summed E-state index contributed by atoms with van der Waals surface area (Å²) in [6, 6.07) is 6.18. The van der Waals surface area contributed by atoms with Crippen LogP contribution in [0.1, 0.15) is 24.9 Å². The molecule has 0 aliphatic rings. The number of anilines is 1. The lowest BCUT2D eigenvalue weighted by Gasteiger charge is -2.15. The predicted octanol–water partition coefficient (Wildman–Crippen LogP) is 3.18.